The van der Waals surface area contributed by atoms with Crippen LogP contribution in [0.4, 0.5) is 5.69 Å². The minimum atomic E-state index is -0.181. The number of aromatic amines is 1. The molecule has 0 aliphatic rings. The Bertz CT molecular complexity index is 1180. The summed E-state index contributed by atoms with van der Waals surface area (Å²) in [7, 11) is 0. The number of rotatable bonds is 6. The molecular formula is C24H19ClN2O2. The Morgan fingerprint density at radius 2 is 1.69 bits per heavy atom. The van der Waals surface area contributed by atoms with E-state index in [9.17, 15) is 9.59 Å². The van der Waals surface area contributed by atoms with Crippen molar-refractivity contribution in [2.45, 2.75) is 12.8 Å². The van der Waals surface area contributed by atoms with Gasteiger partial charge in [0.25, 0.3) is 0 Å². The number of anilines is 1. The van der Waals surface area contributed by atoms with Crippen molar-refractivity contribution in [2.24, 2.45) is 0 Å². The molecule has 0 saturated heterocycles. The van der Waals surface area contributed by atoms with Gasteiger partial charge in [0, 0.05) is 39.7 Å². The second-order valence-corrected chi connectivity index (χ2v) is 7.23. The fraction of sp³-hybridized carbons (Fsp3) is 0.0833. The van der Waals surface area contributed by atoms with Crippen LogP contribution in [0.2, 0.25) is 5.02 Å². The highest BCUT2D eigenvalue weighted by atomic mass is 35.5. The van der Waals surface area contributed by atoms with Gasteiger partial charge in [-0.1, -0.05) is 60.1 Å². The Morgan fingerprint density at radius 1 is 0.931 bits per heavy atom. The predicted octanol–water partition coefficient (Wildman–Crippen LogP) is 5.62. The number of nitrogens with one attached hydrogen (secondary N) is 2. The van der Waals surface area contributed by atoms with E-state index >= 15 is 0 Å². The number of hydrogen-bond donors (Lipinski definition) is 2. The van der Waals surface area contributed by atoms with Gasteiger partial charge in [-0.15, -0.1) is 0 Å². The van der Waals surface area contributed by atoms with Crippen molar-refractivity contribution in [3.63, 3.8) is 0 Å². The highest BCUT2D eigenvalue weighted by molar-refractivity contribution is 6.31. The molecule has 4 rings (SSSR count). The number of carbonyl (C=O) groups is 2. The average molecular weight is 403 g/mol. The summed E-state index contributed by atoms with van der Waals surface area (Å²) in [6.07, 6.45) is 2.85. The normalized spacial score (nSPS) is 10.8. The number of aromatic nitrogens is 1. The molecule has 1 aromatic heterocycles. The molecule has 0 aliphatic carbocycles. The van der Waals surface area contributed by atoms with E-state index in [1.54, 1.807) is 42.5 Å². The number of halogens is 1. The maximum absolute atomic E-state index is 12.9. The number of H-pyrrole nitrogens is 1. The predicted molar refractivity (Wildman–Crippen MR) is 117 cm³/mol. The molecule has 5 heteroatoms. The lowest BCUT2D eigenvalue weighted by atomic mass is 10.0. The summed E-state index contributed by atoms with van der Waals surface area (Å²) in [6.45, 7) is 0. The van der Waals surface area contributed by atoms with Crippen LogP contribution >= 0.6 is 11.6 Å². The summed E-state index contributed by atoms with van der Waals surface area (Å²) in [6, 6.07) is 21.9. The van der Waals surface area contributed by atoms with Gasteiger partial charge in [0.1, 0.15) is 0 Å². The van der Waals surface area contributed by atoms with Gasteiger partial charge < -0.3 is 10.3 Å². The summed E-state index contributed by atoms with van der Waals surface area (Å²) >= 11 is 6.10. The van der Waals surface area contributed by atoms with E-state index in [0.29, 0.717) is 34.7 Å². The molecule has 144 valence electrons. The van der Waals surface area contributed by atoms with E-state index < -0.39 is 0 Å². The highest BCUT2D eigenvalue weighted by Crippen LogP contribution is 2.24. The van der Waals surface area contributed by atoms with E-state index in [4.69, 9.17) is 11.6 Å². The molecule has 0 radical (unpaired) electrons. The molecule has 0 fully saturated rings. The number of aryl methyl sites for hydroxylation is 1. The second-order valence-electron chi connectivity index (χ2n) is 6.79. The molecule has 0 unspecified atom stereocenters. The lowest BCUT2D eigenvalue weighted by Gasteiger charge is -2.11. The van der Waals surface area contributed by atoms with Crippen molar-refractivity contribution >= 4 is 39.9 Å². The van der Waals surface area contributed by atoms with Gasteiger partial charge in [-0.05, 0) is 36.2 Å². The third-order valence-electron chi connectivity index (χ3n) is 4.83. The van der Waals surface area contributed by atoms with Crippen molar-refractivity contribution in [1.29, 1.82) is 0 Å². The van der Waals surface area contributed by atoms with Gasteiger partial charge in [-0.2, -0.15) is 0 Å². The fourth-order valence-corrected chi connectivity index (χ4v) is 3.53. The largest absolute Gasteiger partial charge is 0.361 e. The van der Waals surface area contributed by atoms with Gasteiger partial charge in [0.2, 0.25) is 5.91 Å². The van der Waals surface area contributed by atoms with Crippen LogP contribution in [0.1, 0.15) is 27.9 Å². The van der Waals surface area contributed by atoms with Crippen molar-refractivity contribution in [1.82, 2.24) is 4.98 Å². The van der Waals surface area contributed by atoms with Crippen LogP contribution in [0, 0.1) is 0 Å². The summed E-state index contributed by atoms with van der Waals surface area (Å²) in [5, 5.41) is 4.43. The third-order valence-corrected chi connectivity index (χ3v) is 5.07. The molecule has 0 saturated carbocycles. The third kappa shape index (κ3) is 4.23. The number of para-hydroxylation sites is 1. The lowest BCUT2D eigenvalue weighted by molar-refractivity contribution is -0.116. The number of fused-ring (bicyclic) bond motifs is 1. The van der Waals surface area contributed by atoms with Crippen molar-refractivity contribution in [3.05, 3.63) is 101 Å². The quantitative estimate of drug-likeness (QED) is 0.411. The van der Waals surface area contributed by atoms with Gasteiger partial charge in [0.15, 0.2) is 5.78 Å². The first kappa shape index (κ1) is 19.0. The summed E-state index contributed by atoms with van der Waals surface area (Å²) < 4.78 is 0. The van der Waals surface area contributed by atoms with E-state index in [2.05, 4.69) is 10.3 Å². The van der Waals surface area contributed by atoms with Crippen LogP contribution in [0.25, 0.3) is 10.9 Å². The molecule has 2 N–H and O–H groups in total. The van der Waals surface area contributed by atoms with Gasteiger partial charge in [-0.25, -0.2) is 0 Å². The van der Waals surface area contributed by atoms with Gasteiger partial charge >= 0.3 is 0 Å². The number of amides is 1. The summed E-state index contributed by atoms with van der Waals surface area (Å²) in [5.41, 5.74) is 3.53. The molecule has 0 bridgehead atoms. The van der Waals surface area contributed by atoms with E-state index in [0.717, 1.165) is 16.5 Å². The Labute approximate surface area is 173 Å². The lowest BCUT2D eigenvalue weighted by Crippen LogP contribution is -2.15. The smallest absolute Gasteiger partial charge is 0.224 e. The van der Waals surface area contributed by atoms with Crippen molar-refractivity contribution in [3.8, 4) is 0 Å². The first-order valence-corrected chi connectivity index (χ1v) is 9.74. The van der Waals surface area contributed by atoms with Crippen LogP contribution in [-0.4, -0.2) is 16.7 Å². The Balaban J connectivity index is 1.50. The van der Waals surface area contributed by atoms with Gasteiger partial charge in [-0.3, -0.25) is 9.59 Å². The number of benzene rings is 3. The zero-order valence-electron chi connectivity index (χ0n) is 15.6. The Hall–Kier alpha value is -3.37. The van der Waals surface area contributed by atoms with Crippen LogP contribution in [-0.2, 0) is 11.2 Å². The standard InChI is InChI=1S/C24H19ClN2O2/c25-18-11-12-22(20(14-18)24(29)16-6-2-1-3-7-16)27-23(28)13-10-17-15-26-21-9-5-4-8-19(17)21/h1-9,11-12,14-15,26H,10,13H2,(H,27,28). The van der Waals surface area contributed by atoms with E-state index in [-0.39, 0.29) is 11.7 Å². The zero-order valence-corrected chi connectivity index (χ0v) is 16.4. The first-order valence-electron chi connectivity index (χ1n) is 9.36. The number of hydrogen-bond acceptors (Lipinski definition) is 2. The Kier molecular flexibility index (Phi) is 5.45. The summed E-state index contributed by atoms with van der Waals surface area (Å²) in [4.78, 5) is 28.7. The van der Waals surface area contributed by atoms with Crippen LogP contribution in [0.3, 0.4) is 0 Å². The molecule has 0 aliphatic heterocycles. The Morgan fingerprint density at radius 3 is 2.52 bits per heavy atom. The molecule has 1 heterocycles. The van der Waals surface area contributed by atoms with Crippen LogP contribution < -0.4 is 5.32 Å². The molecule has 4 nitrogen and oxygen atoms in total. The number of ketones is 1. The maximum Gasteiger partial charge on any atom is 0.224 e. The fourth-order valence-electron chi connectivity index (χ4n) is 3.36. The first-order chi connectivity index (χ1) is 14.1. The van der Waals surface area contributed by atoms with Crippen molar-refractivity contribution in [2.75, 3.05) is 5.32 Å². The van der Waals surface area contributed by atoms with Crippen LogP contribution in [0.15, 0.2) is 79.0 Å². The van der Waals surface area contributed by atoms with Gasteiger partial charge in [0.05, 0.1) is 5.69 Å². The molecular weight excluding hydrogens is 384 g/mol. The molecule has 1 amide bonds. The molecule has 0 atom stereocenters. The monoisotopic (exact) mass is 402 g/mol. The maximum atomic E-state index is 12.9. The second kappa shape index (κ2) is 8.33. The zero-order chi connectivity index (χ0) is 20.2. The van der Waals surface area contributed by atoms with Crippen LogP contribution in [0.5, 0.6) is 0 Å². The topological polar surface area (TPSA) is 62.0 Å². The average Bonchev–Trinajstić information content (AvgIpc) is 3.17. The summed E-state index contributed by atoms with van der Waals surface area (Å²) in [5.74, 6) is -0.334. The SMILES string of the molecule is O=C(CCc1c[nH]c2ccccc12)Nc1ccc(Cl)cc1C(=O)c1ccccc1. The number of carbonyl (C=O) groups excluding carboxylic acids is 2. The molecule has 4 aromatic rings. The van der Waals surface area contributed by atoms with E-state index in [1.807, 2.05) is 36.5 Å². The van der Waals surface area contributed by atoms with Crippen molar-refractivity contribution < 1.29 is 9.59 Å². The highest BCUT2D eigenvalue weighted by Gasteiger charge is 2.16. The molecule has 3 aromatic carbocycles. The minimum absolute atomic E-state index is 0.153. The van der Waals surface area contributed by atoms with E-state index in [1.165, 1.54) is 0 Å². The minimum Gasteiger partial charge on any atom is -0.361 e. The molecule has 29 heavy (non-hydrogen) atoms. The molecule has 0 spiro atoms.